The average molecular weight is 368 g/mol. The summed E-state index contributed by atoms with van der Waals surface area (Å²) in [5.41, 5.74) is 1.97. The van der Waals surface area contributed by atoms with E-state index < -0.39 is 15.9 Å². The highest BCUT2D eigenvalue weighted by Crippen LogP contribution is 2.17. The minimum absolute atomic E-state index is 0.0659. The lowest BCUT2D eigenvalue weighted by atomic mass is 10.1. The smallest absolute Gasteiger partial charge is 0.265 e. The highest BCUT2D eigenvalue weighted by molar-refractivity contribution is 9.10. The zero-order valence-corrected chi connectivity index (χ0v) is 14.0. The second kappa shape index (κ2) is 5.99. The van der Waals surface area contributed by atoms with Crippen LogP contribution in [0, 0.1) is 13.8 Å². The zero-order valence-electron chi connectivity index (χ0n) is 11.6. The number of aryl methyl sites for hydroxylation is 2. The van der Waals surface area contributed by atoms with Crippen LogP contribution in [0.5, 0.6) is 0 Å². The Labute approximate surface area is 132 Å². The van der Waals surface area contributed by atoms with Crippen molar-refractivity contribution in [3.05, 3.63) is 63.6 Å². The maximum atomic E-state index is 12.2. The van der Waals surface area contributed by atoms with Gasteiger partial charge >= 0.3 is 0 Å². The molecule has 21 heavy (non-hydrogen) atoms. The lowest BCUT2D eigenvalue weighted by Gasteiger charge is -2.09. The molecular formula is C15H14BrNO3S. The van der Waals surface area contributed by atoms with E-state index in [-0.39, 0.29) is 4.90 Å². The third-order valence-electron chi connectivity index (χ3n) is 2.99. The van der Waals surface area contributed by atoms with Crippen molar-refractivity contribution in [2.75, 3.05) is 0 Å². The number of amides is 1. The van der Waals surface area contributed by atoms with Crippen LogP contribution >= 0.6 is 15.9 Å². The van der Waals surface area contributed by atoms with Gasteiger partial charge in [0.05, 0.1) is 4.90 Å². The van der Waals surface area contributed by atoms with E-state index in [2.05, 4.69) is 20.7 Å². The molecule has 0 aliphatic rings. The maximum Gasteiger partial charge on any atom is 0.265 e. The van der Waals surface area contributed by atoms with Gasteiger partial charge in [-0.2, -0.15) is 0 Å². The molecule has 0 radical (unpaired) electrons. The van der Waals surface area contributed by atoms with Crippen LogP contribution in [0.25, 0.3) is 0 Å². The molecule has 4 nitrogen and oxygen atoms in total. The first kappa shape index (κ1) is 15.7. The van der Waals surface area contributed by atoms with E-state index in [0.717, 1.165) is 10.0 Å². The standard InChI is InChI=1S/C15H14BrNO3S/c1-10-3-6-13(7-4-10)21(19,20)17-15(18)14-8-5-12(16)9-11(14)2/h3-9H,1-2H3,(H,17,18). The first-order valence-electron chi connectivity index (χ1n) is 6.19. The van der Waals surface area contributed by atoms with Crippen LogP contribution in [-0.4, -0.2) is 14.3 Å². The lowest BCUT2D eigenvalue weighted by molar-refractivity contribution is 0.0981. The molecule has 1 amide bonds. The number of benzene rings is 2. The molecule has 0 aliphatic heterocycles. The third kappa shape index (κ3) is 3.71. The van der Waals surface area contributed by atoms with Gasteiger partial charge in [0.25, 0.3) is 15.9 Å². The zero-order chi connectivity index (χ0) is 15.6. The van der Waals surface area contributed by atoms with Crippen LogP contribution in [0.3, 0.4) is 0 Å². The molecule has 1 N–H and O–H groups in total. The number of hydrogen-bond acceptors (Lipinski definition) is 3. The number of carbonyl (C=O) groups is 1. The molecule has 0 spiro atoms. The molecule has 0 saturated carbocycles. The molecule has 0 unspecified atom stereocenters. The Balaban J connectivity index is 2.28. The van der Waals surface area contributed by atoms with Crippen molar-refractivity contribution in [2.24, 2.45) is 0 Å². The van der Waals surface area contributed by atoms with Gasteiger partial charge in [0.1, 0.15) is 0 Å². The van der Waals surface area contributed by atoms with E-state index >= 15 is 0 Å². The Morgan fingerprint density at radius 3 is 2.24 bits per heavy atom. The van der Waals surface area contributed by atoms with Crippen molar-refractivity contribution >= 4 is 31.9 Å². The topological polar surface area (TPSA) is 63.2 Å². The lowest BCUT2D eigenvalue weighted by Crippen LogP contribution is -2.31. The molecule has 0 heterocycles. The van der Waals surface area contributed by atoms with Gasteiger partial charge in [0, 0.05) is 10.0 Å². The van der Waals surface area contributed by atoms with Crippen LogP contribution in [0.2, 0.25) is 0 Å². The SMILES string of the molecule is Cc1ccc(S(=O)(=O)NC(=O)c2ccc(Br)cc2C)cc1. The van der Waals surface area contributed by atoms with E-state index in [0.29, 0.717) is 11.1 Å². The van der Waals surface area contributed by atoms with Gasteiger partial charge in [-0.3, -0.25) is 4.79 Å². The van der Waals surface area contributed by atoms with Crippen LogP contribution in [-0.2, 0) is 10.0 Å². The van der Waals surface area contributed by atoms with Crippen LogP contribution < -0.4 is 4.72 Å². The molecule has 2 rings (SSSR count). The Hall–Kier alpha value is -1.66. The molecule has 0 atom stereocenters. The van der Waals surface area contributed by atoms with Crippen molar-refractivity contribution in [3.63, 3.8) is 0 Å². The summed E-state index contributed by atoms with van der Waals surface area (Å²) >= 11 is 3.30. The number of carbonyl (C=O) groups excluding carboxylic acids is 1. The molecule has 6 heteroatoms. The Morgan fingerprint density at radius 2 is 1.67 bits per heavy atom. The van der Waals surface area contributed by atoms with Crippen molar-refractivity contribution < 1.29 is 13.2 Å². The summed E-state index contributed by atoms with van der Waals surface area (Å²) < 4.78 is 27.2. The van der Waals surface area contributed by atoms with Crippen LogP contribution in [0.15, 0.2) is 51.8 Å². The number of nitrogens with one attached hydrogen (secondary N) is 1. The van der Waals surface area contributed by atoms with E-state index in [9.17, 15) is 13.2 Å². The normalized spacial score (nSPS) is 11.2. The molecule has 110 valence electrons. The van der Waals surface area contributed by atoms with Gasteiger partial charge in [0.15, 0.2) is 0 Å². The Kier molecular flexibility index (Phi) is 4.49. The Bertz CT molecular complexity index is 783. The van der Waals surface area contributed by atoms with Crippen molar-refractivity contribution in [2.45, 2.75) is 18.7 Å². The minimum Gasteiger partial charge on any atom is -0.268 e. The predicted molar refractivity (Wildman–Crippen MR) is 84.7 cm³/mol. The summed E-state index contributed by atoms with van der Waals surface area (Å²) in [5.74, 6) is -0.638. The third-order valence-corrected chi connectivity index (χ3v) is 4.83. The van der Waals surface area contributed by atoms with Crippen molar-refractivity contribution in [1.82, 2.24) is 4.72 Å². The fraction of sp³-hybridized carbons (Fsp3) is 0.133. The first-order valence-corrected chi connectivity index (χ1v) is 8.47. The molecule has 2 aromatic rings. The molecule has 0 fully saturated rings. The van der Waals surface area contributed by atoms with E-state index in [1.807, 2.05) is 6.92 Å². The number of rotatable bonds is 3. The highest BCUT2D eigenvalue weighted by Gasteiger charge is 2.19. The van der Waals surface area contributed by atoms with Crippen LogP contribution in [0.1, 0.15) is 21.5 Å². The van der Waals surface area contributed by atoms with Crippen molar-refractivity contribution in [1.29, 1.82) is 0 Å². The second-order valence-electron chi connectivity index (χ2n) is 4.71. The van der Waals surface area contributed by atoms with Crippen LogP contribution in [0.4, 0.5) is 0 Å². The monoisotopic (exact) mass is 367 g/mol. The summed E-state index contributed by atoms with van der Waals surface area (Å²) in [6.45, 7) is 3.61. The summed E-state index contributed by atoms with van der Waals surface area (Å²) in [5, 5.41) is 0. The second-order valence-corrected chi connectivity index (χ2v) is 7.30. The highest BCUT2D eigenvalue weighted by atomic mass is 79.9. The summed E-state index contributed by atoms with van der Waals surface area (Å²) in [7, 11) is -3.86. The van der Waals surface area contributed by atoms with Gasteiger partial charge in [-0.1, -0.05) is 33.6 Å². The minimum atomic E-state index is -3.86. The van der Waals surface area contributed by atoms with Gasteiger partial charge in [0.2, 0.25) is 0 Å². The largest absolute Gasteiger partial charge is 0.268 e. The predicted octanol–water partition coefficient (Wildman–Crippen LogP) is 3.18. The number of halogens is 1. The van der Waals surface area contributed by atoms with E-state index in [1.54, 1.807) is 37.3 Å². The molecular weight excluding hydrogens is 354 g/mol. The number of sulfonamides is 1. The first-order chi connectivity index (χ1) is 9.79. The van der Waals surface area contributed by atoms with E-state index in [4.69, 9.17) is 0 Å². The van der Waals surface area contributed by atoms with Gasteiger partial charge in [-0.25, -0.2) is 13.1 Å². The molecule has 0 saturated heterocycles. The molecule has 2 aromatic carbocycles. The summed E-state index contributed by atoms with van der Waals surface area (Å²) in [6, 6.07) is 11.3. The molecule has 0 bridgehead atoms. The maximum absolute atomic E-state index is 12.2. The van der Waals surface area contributed by atoms with Gasteiger partial charge in [-0.05, 0) is 49.7 Å². The summed E-state index contributed by atoms with van der Waals surface area (Å²) in [6.07, 6.45) is 0. The van der Waals surface area contributed by atoms with Gasteiger partial charge < -0.3 is 0 Å². The summed E-state index contributed by atoms with van der Waals surface area (Å²) in [4.78, 5) is 12.2. The number of hydrogen-bond donors (Lipinski definition) is 1. The van der Waals surface area contributed by atoms with E-state index in [1.165, 1.54) is 12.1 Å². The quantitative estimate of drug-likeness (QED) is 0.905. The van der Waals surface area contributed by atoms with Gasteiger partial charge in [-0.15, -0.1) is 0 Å². The molecule has 0 aromatic heterocycles. The van der Waals surface area contributed by atoms with Crippen molar-refractivity contribution in [3.8, 4) is 0 Å². The molecule has 0 aliphatic carbocycles. The average Bonchev–Trinajstić information content (AvgIpc) is 2.38. The fourth-order valence-corrected chi connectivity index (χ4v) is 3.28. The fourth-order valence-electron chi connectivity index (χ4n) is 1.84. The Morgan fingerprint density at radius 1 is 1.05 bits per heavy atom.